The molecule has 2 aliphatic carbocycles. The largest absolute Gasteiger partial charge is 0.314 e. The van der Waals surface area contributed by atoms with Gasteiger partial charge in [-0.15, -0.1) is 0 Å². The van der Waals surface area contributed by atoms with E-state index in [0.29, 0.717) is 5.41 Å². The number of nitrogens with one attached hydrogen (secondary N) is 1. The van der Waals surface area contributed by atoms with Gasteiger partial charge in [0.15, 0.2) is 0 Å². The van der Waals surface area contributed by atoms with E-state index in [1.165, 1.54) is 64.3 Å². The van der Waals surface area contributed by atoms with Crippen molar-refractivity contribution in [2.75, 3.05) is 6.54 Å². The molecule has 1 N–H and O–H groups in total. The molecular weight excluding hydrogens is 218 g/mol. The molecule has 2 saturated carbocycles. The maximum absolute atomic E-state index is 3.91. The monoisotopic (exact) mass is 251 g/mol. The number of rotatable bonds is 4. The predicted octanol–water partition coefficient (Wildman–Crippen LogP) is 4.76. The molecule has 0 amide bonds. The lowest BCUT2D eigenvalue weighted by molar-refractivity contribution is 0.130. The average Bonchev–Trinajstić information content (AvgIpc) is 2.81. The highest BCUT2D eigenvalue weighted by Gasteiger charge is 2.33. The van der Waals surface area contributed by atoms with Crippen molar-refractivity contribution in [2.24, 2.45) is 17.3 Å². The second kappa shape index (κ2) is 6.41. The molecule has 2 aliphatic rings. The summed E-state index contributed by atoms with van der Waals surface area (Å²) in [5, 5.41) is 3.91. The fourth-order valence-electron chi connectivity index (χ4n) is 4.18. The van der Waals surface area contributed by atoms with Crippen molar-refractivity contribution >= 4 is 0 Å². The minimum atomic E-state index is 0.478. The molecule has 106 valence electrons. The molecule has 0 aliphatic heterocycles. The maximum atomic E-state index is 3.91. The Kier molecular flexibility index (Phi) is 5.12. The number of hydrogen-bond acceptors (Lipinski definition) is 1. The van der Waals surface area contributed by atoms with Crippen LogP contribution in [0.2, 0.25) is 0 Å². The highest BCUT2D eigenvalue weighted by molar-refractivity contribution is 4.88. The second-order valence-electron chi connectivity index (χ2n) is 7.76. The maximum Gasteiger partial charge on any atom is 0.0100 e. The van der Waals surface area contributed by atoms with Crippen molar-refractivity contribution in [1.29, 1.82) is 0 Å². The molecule has 0 heterocycles. The Morgan fingerprint density at radius 3 is 2.17 bits per heavy atom. The van der Waals surface area contributed by atoms with E-state index in [4.69, 9.17) is 0 Å². The first-order chi connectivity index (χ1) is 8.57. The first kappa shape index (κ1) is 14.4. The molecule has 0 radical (unpaired) electrons. The summed E-state index contributed by atoms with van der Waals surface area (Å²) in [4.78, 5) is 0. The van der Waals surface area contributed by atoms with Gasteiger partial charge in [0, 0.05) is 6.04 Å². The van der Waals surface area contributed by atoms with Gasteiger partial charge >= 0.3 is 0 Å². The van der Waals surface area contributed by atoms with Gasteiger partial charge in [-0.1, -0.05) is 59.3 Å². The molecular formula is C17H33N. The van der Waals surface area contributed by atoms with Crippen LogP contribution in [-0.4, -0.2) is 12.6 Å². The third-order valence-corrected chi connectivity index (χ3v) is 5.31. The van der Waals surface area contributed by atoms with Gasteiger partial charge in [-0.25, -0.2) is 0 Å². The molecule has 18 heavy (non-hydrogen) atoms. The van der Waals surface area contributed by atoms with Crippen molar-refractivity contribution in [3.05, 3.63) is 0 Å². The minimum Gasteiger partial charge on any atom is -0.314 e. The van der Waals surface area contributed by atoms with Crippen LogP contribution in [-0.2, 0) is 0 Å². The third kappa shape index (κ3) is 3.98. The Bertz CT molecular complexity index is 234. The van der Waals surface area contributed by atoms with E-state index in [-0.39, 0.29) is 0 Å². The van der Waals surface area contributed by atoms with Gasteiger partial charge in [0.1, 0.15) is 0 Å². The molecule has 0 aromatic heterocycles. The normalized spacial score (nSPS) is 30.8. The Labute approximate surface area is 114 Å². The molecule has 0 aromatic carbocycles. The standard InChI is InChI=1S/C17H33N/c1-17(2,3)15-10-6-7-11-16(15)18-13-12-14-8-4-5-9-14/h14-16,18H,4-13H2,1-3H3. The smallest absolute Gasteiger partial charge is 0.0100 e. The summed E-state index contributed by atoms with van der Waals surface area (Å²) in [7, 11) is 0. The zero-order valence-electron chi connectivity index (χ0n) is 12.8. The Morgan fingerprint density at radius 2 is 1.50 bits per heavy atom. The van der Waals surface area contributed by atoms with Crippen LogP contribution < -0.4 is 5.32 Å². The molecule has 2 fully saturated rings. The Balaban J connectivity index is 1.75. The van der Waals surface area contributed by atoms with Crippen LogP contribution in [0.3, 0.4) is 0 Å². The van der Waals surface area contributed by atoms with Gasteiger partial charge in [-0.3, -0.25) is 0 Å². The fraction of sp³-hybridized carbons (Fsp3) is 1.00. The van der Waals surface area contributed by atoms with Crippen molar-refractivity contribution in [2.45, 2.75) is 84.6 Å². The molecule has 0 spiro atoms. The van der Waals surface area contributed by atoms with Crippen molar-refractivity contribution in [1.82, 2.24) is 5.32 Å². The van der Waals surface area contributed by atoms with Crippen molar-refractivity contribution in [3.8, 4) is 0 Å². The van der Waals surface area contributed by atoms with Gasteiger partial charge in [0.05, 0.1) is 0 Å². The highest BCUT2D eigenvalue weighted by Crippen LogP contribution is 2.38. The fourth-order valence-corrected chi connectivity index (χ4v) is 4.18. The summed E-state index contributed by atoms with van der Waals surface area (Å²) in [6, 6.07) is 0.792. The van der Waals surface area contributed by atoms with Gasteiger partial charge in [-0.2, -0.15) is 0 Å². The van der Waals surface area contributed by atoms with Crippen molar-refractivity contribution < 1.29 is 0 Å². The van der Waals surface area contributed by atoms with E-state index >= 15 is 0 Å². The topological polar surface area (TPSA) is 12.0 Å². The summed E-state index contributed by atoms with van der Waals surface area (Å²) in [5.74, 6) is 1.92. The van der Waals surface area contributed by atoms with Crippen LogP contribution >= 0.6 is 0 Å². The van der Waals surface area contributed by atoms with Crippen LogP contribution in [0.25, 0.3) is 0 Å². The van der Waals surface area contributed by atoms with Crippen LogP contribution in [0.4, 0.5) is 0 Å². The molecule has 0 bridgehead atoms. The van der Waals surface area contributed by atoms with Gasteiger partial charge in [-0.05, 0) is 43.1 Å². The first-order valence-corrected chi connectivity index (χ1v) is 8.31. The van der Waals surface area contributed by atoms with E-state index in [2.05, 4.69) is 26.1 Å². The quantitative estimate of drug-likeness (QED) is 0.759. The first-order valence-electron chi connectivity index (χ1n) is 8.31. The van der Waals surface area contributed by atoms with E-state index in [1.54, 1.807) is 0 Å². The highest BCUT2D eigenvalue weighted by atomic mass is 14.9. The van der Waals surface area contributed by atoms with Gasteiger partial charge in [0.2, 0.25) is 0 Å². The van der Waals surface area contributed by atoms with E-state index in [9.17, 15) is 0 Å². The lowest BCUT2D eigenvalue weighted by Gasteiger charge is -2.41. The molecule has 2 atom stereocenters. The van der Waals surface area contributed by atoms with E-state index < -0.39 is 0 Å². The van der Waals surface area contributed by atoms with Gasteiger partial charge in [0.25, 0.3) is 0 Å². The minimum absolute atomic E-state index is 0.478. The van der Waals surface area contributed by atoms with Crippen LogP contribution in [0.15, 0.2) is 0 Å². The summed E-state index contributed by atoms with van der Waals surface area (Å²) in [6.07, 6.45) is 13.1. The summed E-state index contributed by atoms with van der Waals surface area (Å²) in [6.45, 7) is 8.54. The predicted molar refractivity (Wildman–Crippen MR) is 79.8 cm³/mol. The molecule has 0 saturated heterocycles. The SMILES string of the molecule is CC(C)(C)C1CCCCC1NCCC1CCCC1. The molecule has 2 rings (SSSR count). The molecule has 1 heteroatoms. The summed E-state index contributed by atoms with van der Waals surface area (Å²) in [5.41, 5.74) is 0.478. The Morgan fingerprint density at radius 1 is 0.889 bits per heavy atom. The summed E-state index contributed by atoms with van der Waals surface area (Å²) < 4.78 is 0. The average molecular weight is 251 g/mol. The van der Waals surface area contributed by atoms with Crippen LogP contribution in [0.5, 0.6) is 0 Å². The zero-order chi connectivity index (χ0) is 13.0. The second-order valence-corrected chi connectivity index (χ2v) is 7.76. The van der Waals surface area contributed by atoms with E-state index in [0.717, 1.165) is 17.9 Å². The van der Waals surface area contributed by atoms with Crippen LogP contribution in [0, 0.1) is 17.3 Å². The number of hydrogen-bond donors (Lipinski definition) is 1. The van der Waals surface area contributed by atoms with Crippen molar-refractivity contribution in [3.63, 3.8) is 0 Å². The summed E-state index contributed by atoms with van der Waals surface area (Å²) >= 11 is 0. The lowest BCUT2D eigenvalue weighted by Crippen LogP contribution is -2.44. The lowest BCUT2D eigenvalue weighted by atomic mass is 9.69. The molecule has 2 unspecified atom stereocenters. The molecule has 1 nitrogen and oxygen atoms in total. The van der Waals surface area contributed by atoms with E-state index in [1.807, 2.05) is 0 Å². The third-order valence-electron chi connectivity index (χ3n) is 5.31. The van der Waals surface area contributed by atoms with Gasteiger partial charge < -0.3 is 5.32 Å². The van der Waals surface area contributed by atoms with Crippen LogP contribution in [0.1, 0.15) is 78.6 Å². The molecule has 0 aromatic rings. The Hall–Kier alpha value is -0.0400. The zero-order valence-corrected chi connectivity index (χ0v) is 12.8.